The molecular weight excluding hydrogens is 196 g/mol. The Morgan fingerprint density at radius 2 is 2.27 bits per heavy atom. The van der Waals surface area contributed by atoms with Gasteiger partial charge in [-0.15, -0.1) is 0 Å². The number of likely N-dealkylation sites (N-methyl/N-ethyl adjacent to an activating group) is 1. The minimum absolute atomic E-state index is 0.0322. The van der Waals surface area contributed by atoms with Crippen LogP contribution in [-0.4, -0.2) is 61.9 Å². The highest BCUT2D eigenvalue weighted by Gasteiger charge is 2.28. The molecule has 5 nitrogen and oxygen atoms in total. The molecule has 5 heteroatoms. The van der Waals surface area contributed by atoms with Crippen LogP contribution in [0.25, 0.3) is 0 Å². The summed E-state index contributed by atoms with van der Waals surface area (Å²) in [5.41, 5.74) is -0.163. The molecule has 1 heterocycles. The van der Waals surface area contributed by atoms with Crippen molar-refractivity contribution in [3.05, 3.63) is 0 Å². The summed E-state index contributed by atoms with van der Waals surface area (Å²) in [4.78, 5) is 18.5. The number of nitrogens with zero attached hydrogens (tertiary/aromatic N) is 2. The number of amides is 1. The van der Waals surface area contributed by atoms with Gasteiger partial charge in [0.15, 0.2) is 0 Å². The van der Waals surface area contributed by atoms with Crippen molar-refractivity contribution in [1.82, 2.24) is 9.96 Å². The van der Waals surface area contributed by atoms with Crippen LogP contribution in [0.2, 0.25) is 0 Å². The maximum Gasteiger partial charge on any atom is 0.259 e. The van der Waals surface area contributed by atoms with Gasteiger partial charge in [0.1, 0.15) is 0 Å². The van der Waals surface area contributed by atoms with Gasteiger partial charge < -0.3 is 4.74 Å². The number of carbonyl (C=O) groups is 1. The highest BCUT2D eigenvalue weighted by Crippen LogP contribution is 2.15. The number of rotatable bonds is 3. The Balaban J connectivity index is 2.41. The molecule has 0 saturated carbocycles. The van der Waals surface area contributed by atoms with Crippen LogP contribution in [0.5, 0.6) is 0 Å². The van der Waals surface area contributed by atoms with Crippen molar-refractivity contribution >= 4 is 5.91 Å². The predicted octanol–water partition coefficient (Wildman–Crippen LogP) is 0.117. The lowest BCUT2D eigenvalue weighted by Crippen LogP contribution is -2.51. The highest BCUT2D eigenvalue weighted by molar-refractivity contribution is 5.76. The standard InChI is InChI=1S/C10H20N2O3/c1-10(2)8-12(5-6-15-10)7-9(13)11(3)14-4/h5-8H2,1-4H3. The van der Waals surface area contributed by atoms with Crippen LogP contribution in [0.3, 0.4) is 0 Å². The summed E-state index contributed by atoms with van der Waals surface area (Å²) in [6, 6.07) is 0. The van der Waals surface area contributed by atoms with Gasteiger partial charge in [0, 0.05) is 20.1 Å². The molecule has 0 unspecified atom stereocenters. The summed E-state index contributed by atoms with van der Waals surface area (Å²) in [7, 11) is 3.11. The van der Waals surface area contributed by atoms with Gasteiger partial charge in [0.05, 0.1) is 25.9 Å². The molecule has 0 bridgehead atoms. The number of ether oxygens (including phenoxy) is 1. The first-order chi connectivity index (χ1) is 6.94. The minimum Gasteiger partial charge on any atom is -0.373 e. The minimum atomic E-state index is -0.163. The lowest BCUT2D eigenvalue weighted by molar-refractivity contribution is -0.172. The summed E-state index contributed by atoms with van der Waals surface area (Å²) in [6.07, 6.45) is 0. The van der Waals surface area contributed by atoms with E-state index in [0.717, 1.165) is 13.1 Å². The third kappa shape index (κ3) is 3.77. The van der Waals surface area contributed by atoms with Gasteiger partial charge in [-0.3, -0.25) is 14.5 Å². The first kappa shape index (κ1) is 12.4. The summed E-state index contributed by atoms with van der Waals surface area (Å²) in [6.45, 7) is 6.70. The van der Waals surface area contributed by atoms with E-state index >= 15 is 0 Å². The molecule has 0 atom stereocenters. The van der Waals surface area contributed by atoms with E-state index in [9.17, 15) is 4.79 Å². The topological polar surface area (TPSA) is 42.0 Å². The number of hydrogen-bond donors (Lipinski definition) is 0. The molecule has 1 aliphatic rings. The van der Waals surface area contributed by atoms with E-state index in [0.29, 0.717) is 13.2 Å². The Bertz CT molecular complexity index is 231. The van der Waals surface area contributed by atoms with E-state index in [2.05, 4.69) is 4.90 Å². The van der Waals surface area contributed by atoms with Crippen molar-refractivity contribution in [2.24, 2.45) is 0 Å². The molecule has 0 radical (unpaired) electrons. The van der Waals surface area contributed by atoms with E-state index in [1.165, 1.54) is 12.2 Å². The van der Waals surface area contributed by atoms with Gasteiger partial charge in [-0.25, -0.2) is 5.06 Å². The van der Waals surface area contributed by atoms with Gasteiger partial charge in [0.25, 0.3) is 5.91 Å². The fraction of sp³-hybridized carbons (Fsp3) is 0.900. The second-order valence-corrected chi connectivity index (χ2v) is 4.39. The van der Waals surface area contributed by atoms with E-state index in [1.54, 1.807) is 7.05 Å². The van der Waals surface area contributed by atoms with E-state index in [4.69, 9.17) is 9.57 Å². The molecule has 0 spiro atoms. The molecule has 1 rings (SSSR count). The quantitative estimate of drug-likeness (QED) is 0.628. The molecule has 0 N–H and O–H groups in total. The number of morpholine rings is 1. The first-order valence-corrected chi connectivity index (χ1v) is 5.11. The SMILES string of the molecule is CON(C)C(=O)CN1CCOC(C)(C)C1. The third-order valence-electron chi connectivity index (χ3n) is 2.49. The van der Waals surface area contributed by atoms with Gasteiger partial charge >= 0.3 is 0 Å². The fourth-order valence-corrected chi connectivity index (χ4v) is 1.64. The third-order valence-corrected chi connectivity index (χ3v) is 2.49. The second kappa shape index (κ2) is 4.92. The second-order valence-electron chi connectivity index (χ2n) is 4.39. The maximum atomic E-state index is 11.6. The van der Waals surface area contributed by atoms with Crippen molar-refractivity contribution in [2.45, 2.75) is 19.4 Å². The largest absolute Gasteiger partial charge is 0.373 e. The smallest absolute Gasteiger partial charge is 0.259 e. The van der Waals surface area contributed by atoms with Crippen LogP contribution in [0.15, 0.2) is 0 Å². The molecule has 1 saturated heterocycles. The zero-order chi connectivity index (χ0) is 11.5. The lowest BCUT2D eigenvalue weighted by Gasteiger charge is -2.38. The van der Waals surface area contributed by atoms with Crippen molar-refractivity contribution in [3.63, 3.8) is 0 Å². The van der Waals surface area contributed by atoms with Crippen LogP contribution >= 0.6 is 0 Å². The van der Waals surface area contributed by atoms with Crippen molar-refractivity contribution < 1.29 is 14.4 Å². The average molecular weight is 216 g/mol. The molecule has 0 aromatic rings. The van der Waals surface area contributed by atoms with Crippen LogP contribution in [-0.2, 0) is 14.4 Å². The van der Waals surface area contributed by atoms with Crippen LogP contribution in [0.1, 0.15) is 13.8 Å². The highest BCUT2D eigenvalue weighted by atomic mass is 16.7. The van der Waals surface area contributed by atoms with Gasteiger partial charge in [-0.2, -0.15) is 0 Å². The average Bonchev–Trinajstić information content (AvgIpc) is 2.14. The molecule has 0 aromatic heterocycles. The Morgan fingerprint density at radius 3 is 2.80 bits per heavy atom. The van der Waals surface area contributed by atoms with Crippen LogP contribution < -0.4 is 0 Å². The van der Waals surface area contributed by atoms with Gasteiger partial charge in [-0.1, -0.05) is 0 Å². The maximum absolute atomic E-state index is 11.6. The number of hydrogen-bond acceptors (Lipinski definition) is 4. The summed E-state index contributed by atoms with van der Waals surface area (Å²) in [5, 5.41) is 1.25. The zero-order valence-electron chi connectivity index (χ0n) is 9.95. The molecule has 1 aliphatic heterocycles. The van der Waals surface area contributed by atoms with E-state index in [-0.39, 0.29) is 11.5 Å². The van der Waals surface area contributed by atoms with Gasteiger partial charge in [-0.05, 0) is 13.8 Å². The van der Waals surface area contributed by atoms with Crippen molar-refractivity contribution in [2.75, 3.05) is 40.4 Å². The molecular formula is C10H20N2O3. The molecule has 88 valence electrons. The molecule has 0 aromatic carbocycles. The molecule has 0 aliphatic carbocycles. The first-order valence-electron chi connectivity index (χ1n) is 5.11. The van der Waals surface area contributed by atoms with E-state index < -0.39 is 0 Å². The Hall–Kier alpha value is -0.650. The van der Waals surface area contributed by atoms with Crippen LogP contribution in [0.4, 0.5) is 0 Å². The van der Waals surface area contributed by atoms with Crippen molar-refractivity contribution in [1.29, 1.82) is 0 Å². The van der Waals surface area contributed by atoms with Gasteiger partial charge in [0.2, 0.25) is 0 Å². The van der Waals surface area contributed by atoms with Crippen LogP contribution in [0, 0.1) is 0 Å². The van der Waals surface area contributed by atoms with Crippen molar-refractivity contribution in [3.8, 4) is 0 Å². The Labute approximate surface area is 90.9 Å². The Morgan fingerprint density at radius 1 is 1.60 bits per heavy atom. The summed E-state index contributed by atoms with van der Waals surface area (Å²) in [5.74, 6) is -0.0322. The number of hydroxylamine groups is 2. The zero-order valence-corrected chi connectivity index (χ0v) is 9.95. The number of carbonyl (C=O) groups excluding carboxylic acids is 1. The summed E-state index contributed by atoms with van der Waals surface area (Å²) < 4.78 is 5.57. The Kier molecular flexibility index (Phi) is 4.07. The summed E-state index contributed by atoms with van der Waals surface area (Å²) >= 11 is 0. The fourth-order valence-electron chi connectivity index (χ4n) is 1.64. The normalized spacial score (nSPS) is 21.3. The predicted molar refractivity (Wildman–Crippen MR) is 56.3 cm³/mol. The molecule has 1 amide bonds. The lowest BCUT2D eigenvalue weighted by atomic mass is 10.1. The molecule has 1 fully saturated rings. The molecule has 15 heavy (non-hydrogen) atoms. The van der Waals surface area contributed by atoms with E-state index in [1.807, 2.05) is 13.8 Å². The monoisotopic (exact) mass is 216 g/mol.